The smallest absolute Gasteiger partial charge is 0.324 e. The standard InChI is InChI=1S/C23H25ClN4O/c24-19-5-2-4-18(14-19)23(16-26)9-7-20(8-10-23)27-11-12-28(22(27)29)21-6-1-3-17(13-21)15-25/h1-6,13-14,20H,7-12,16,26H2. The molecule has 29 heavy (non-hydrogen) atoms. The largest absolute Gasteiger partial charge is 0.330 e. The van der Waals surface area contributed by atoms with E-state index in [2.05, 4.69) is 12.1 Å². The minimum absolute atomic E-state index is 0.0353. The van der Waals surface area contributed by atoms with Crippen molar-refractivity contribution in [2.45, 2.75) is 37.1 Å². The van der Waals surface area contributed by atoms with Gasteiger partial charge in [-0.05, 0) is 61.6 Å². The summed E-state index contributed by atoms with van der Waals surface area (Å²) in [5, 5.41) is 9.87. The molecule has 5 nitrogen and oxygen atoms in total. The highest BCUT2D eigenvalue weighted by Crippen LogP contribution is 2.41. The van der Waals surface area contributed by atoms with Gasteiger partial charge in [-0.3, -0.25) is 4.90 Å². The molecule has 0 radical (unpaired) electrons. The fourth-order valence-electron chi connectivity index (χ4n) is 4.77. The monoisotopic (exact) mass is 408 g/mol. The molecule has 150 valence electrons. The van der Waals surface area contributed by atoms with Gasteiger partial charge in [-0.25, -0.2) is 4.79 Å². The van der Waals surface area contributed by atoms with Crippen molar-refractivity contribution in [3.63, 3.8) is 0 Å². The lowest BCUT2D eigenvalue weighted by Crippen LogP contribution is -2.46. The van der Waals surface area contributed by atoms with Gasteiger partial charge in [-0.2, -0.15) is 5.26 Å². The van der Waals surface area contributed by atoms with Crippen molar-refractivity contribution in [3.05, 3.63) is 64.7 Å². The number of urea groups is 1. The Bertz CT molecular complexity index is 946. The number of carbonyl (C=O) groups excluding carboxylic acids is 1. The molecular weight excluding hydrogens is 384 g/mol. The van der Waals surface area contributed by atoms with Crippen LogP contribution in [-0.4, -0.2) is 36.6 Å². The molecule has 2 amide bonds. The van der Waals surface area contributed by atoms with E-state index >= 15 is 0 Å². The lowest BCUT2D eigenvalue weighted by atomic mass is 9.68. The van der Waals surface area contributed by atoms with Gasteiger partial charge in [0, 0.05) is 41.8 Å². The van der Waals surface area contributed by atoms with Crippen molar-refractivity contribution in [1.82, 2.24) is 4.90 Å². The van der Waals surface area contributed by atoms with E-state index in [1.54, 1.807) is 17.0 Å². The Hall–Kier alpha value is -2.55. The Morgan fingerprint density at radius 1 is 1.14 bits per heavy atom. The first-order chi connectivity index (χ1) is 14.1. The summed E-state index contributed by atoms with van der Waals surface area (Å²) in [5.41, 5.74) is 8.72. The second-order valence-corrected chi connectivity index (χ2v) is 8.45. The number of hydrogen-bond acceptors (Lipinski definition) is 3. The van der Waals surface area contributed by atoms with Crippen molar-refractivity contribution in [3.8, 4) is 6.07 Å². The van der Waals surface area contributed by atoms with Crippen LogP contribution in [-0.2, 0) is 5.41 Å². The highest BCUT2D eigenvalue weighted by atomic mass is 35.5. The van der Waals surface area contributed by atoms with E-state index in [0.717, 1.165) is 36.4 Å². The zero-order chi connectivity index (χ0) is 20.4. The third kappa shape index (κ3) is 3.71. The van der Waals surface area contributed by atoms with Crippen LogP contribution in [0, 0.1) is 11.3 Å². The van der Waals surface area contributed by atoms with Gasteiger partial charge < -0.3 is 10.6 Å². The lowest BCUT2D eigenvalue weighted by molar-refractivity contribution is 0.156. The van der Waals surface area contributed by atoms with E-state index in [9.17, 15) is 4.79 Å². The minimum atomic E-state index is -0.0645. The Kier molecular flexibility index (Phi) is 5.49. The van der Waals surface area contributed by atoms with Crippen LogP contribution in [0.1, 0.15) is 36.8 Å². The van der Waals surface area contributed by atoms with Crippen LogP contribution >= 0.6 is 11.6 Å². The van der Waals surface area contributed by atoms with Gasteiger partial charge in [0.2, 0.25) is 0 Å². The maximum Gasteiger partial charge on any atom is 0.324 e. The molecule has 2 aliphatic rings. The van der Waals surface area contributed by atoms with E-state index in [1.165, 1.54) is 5.56 Å². The number of nitrogens with two attached hydrogens (primary N) is 1. The number of amides is 2. The summed E-state index contributed by atoms with van der Waals surface area (Å²) < 4.78 is 0. The molecule has 1 aliphatic heterocycles. The number of hydrogen-bond donors (Lipinski definition) is 1. The van der Waals surface area contributed by atoms with Crippen LogP contribution in [0.4, 0.5) is 10.5 Å². The first-order valence-corrected chi connectivity index (χ1v) is 10.5. The maximum atomic E-state index is 13.1. The zero-order valence-electron chi connectivity index (χ0n) is 16.4. The fraction of sp³-hybridized carbons (Fsp3) is 0.391. The fourth-order valence-corrected chi connectivity index (χ4v) is 4.96. The second-order valence-electron chi connectivity index (χ2n) is 8.02. The van der Waals surface area contributed by atoms with E-state index in [4.69, 9.17) is 22.6 Å². The number of nitrogens with zero attached hydrogens (tertiary/aromatic N) is 3. The van der Waals surface area contributed by atoms with Crippen LogP contribution in [0.15, 0.2) is 48.5 Å². The van der Waals surface area contributed by atoms with Gasteiger partial charge in [-0.1, -0.05) is 29.8 Å². The number of halogens is 1. The quantitative estimate of drug-likeness (QED) is 0.819. The number of rotatable bonds is 4. The number of anilines is 1. The van der Waals surface area contributed by atoms with Crippen molar-refractivity contribution in [1.29, 1.82) is 5.26 Å². The molecule has 2 fully saturated rings. The molecule has 1 saturated carbocycles. The van der Waals surface area contributed by atoms with E-state index in [0.29, 0.717) is 25.2 Å². The van der Waals surface area contributed by atoms with Crippen LogP contribution in [0.5, 0.6) is 0 Å². The summed E-state index contributed by atoms with van der Waals surface area (Å²) in [6, 6.07) is 17.7. The van der Waals surface area contributed by atoms with Gasteiger partial charge >= 0.3 is 6.03 Å². The molecular formula is C23H25ClN4O. The summed E-state index contributed by atoms with van der Waals surface area (Å²) in [5.74, 6) is 0. The summed E-state index contributed by atoms with van der Waals surface area (Å²) in [7, 11) is 0. The number of nitriles is 1. The first kappa shape index (κ1) is 19.8. The van der Waals surface area contributed by atoms with Crippen molar-refractivity contribution < 1.29 is 4.79 Å². The first-order valence-electron chi connectivity index (χ1n) is 10.1. The highest BCUT2D eigenvalue weighted by Gasteiger charge is 2.41. The predicted molar refractivity (Wildman–Crippen MR) is 115 cm³/mol. The number of carbonyl (C=O) groups is 1. The third-order valence-electron chi connectivity index (χ3n) is 6.51. The van der Waals surface area contributed by atoms with Crippen molar-refractivity contribution in [2.24, 2.45) is 5.73 Å². The van der Waals surface area contributed by atoms with Crippen LogP contribution < -0.4 is 10.6 Å². The van der Waals surface area contributed by atoms with Crippen LogP contribution in [0.2, 0.25) is 5.02 Å². The molecule has 0 aromatic heterocycles. The summed E-state index contributed by atoms with van der Waals surface area (Å²) in [6.45, 7) is 1.95. The normalized spacial score (nSPS) is 24.6. The highest BCUT2D eigenvalue weighted by molar-refractivity contribution is 6.30. The van der Waals surface area contributed by atoms with Gasteiger partial charge in [0.25, 0.3) is 0 Å². The Balaban J connectivity index is 1.46. The molecule has 1 saturated heterocycles. The molecule has 1 heterocycles. The minimum Gasteiger partial charge on any atom is -0.330 e. The zero-order valence-corrected chi connectivity index (χ0v) is 17.1. The molecule has 2 aromatic carbocycles. The molecule has 0 atom stereocenters. The van der Waals surface area contributed by atoms with Crippen LogP contribution in [0.3, 0.4) is 0 Å². The lowest BCUT2D eigenvalue weighted by Gasteiger charge is -2.42. The molecule has 2 N–H and O–H groups in total. The van der Waals surface area contributed by atoms with Gasteiger partial charge in [0.1, 0.15) is 0 Å². The topological polar surface area (TPSA) is 73.4 Å². The van der Waals surface area contributed by atoms with Crippen molar-refractivity contribution in [2.75, 3.05) is 24.5 Å². The average Bonchev–Trinajstić information content (AvgIpc) is 3.15. The molecule has 6 heteroatoms. The second kappa shape index (κ2) is 8.06. The van der Waals surface area contributed by atoms with E-state index < -0.39 is 0 Å². The van der Waals surface area contributed by atoms with E-state index in [-0.39, 0.29) is 17.5 Å². The third-order valence-corrected chi connectivity index (χ3v) is 6.74. The molecule has 0 bridgehead atoms. The SMILES string of the molecule is N#Cc1cccc(N2CCN(C3CCC(CN)(c4cccc(Cl)c4)CC3)C2=O)c1. The van der Waals surface area contributed by atoms with Crippen LogP contribution in [0.25, 0.3) is 0 Å². The molecule has 4 rings (SSSR count). The summed E-state index contributed by atoms with van der Waals surface area (Å²) >= 11 is 6.21. The Morgan fingerprint density at radius 3 is 2.59 bits per heavy atom. The van der Waals surface area contributed by atoms with Crippen molar-refractivity contribution >= 4 is 23.3 Å². The Morgan fingerprint density at radius 2 is 1.90 bits per heavy atom. The van der Waals surface area contributed by atoms with Gasteiger partial charge in [0.05, 0.1) is 11.6 Å². The summed E-state index contributed by atoms with van der Waals surface area (Å²) in [6.07, 6.45) is 3.76. The Labute approximate surface area is 176 Å². The molecule has 1 aliphatic carbocycles. The average molecular weight is 409 g/mol. The molecule has 2 aromatic rings. The van der Waals surface area contributed by atoms with Gasteiger partial charge in [0.15, 0.2) is 0 Å². The van der Waals surface area contributed by atoms with E-state index in [1.807, 2.05) is 35.2 Å². The van der Waals surface area contributed by atoms with Gasteiger partial charge in [-0.15, -0.1) is 0 Å². The molecule has 0 spiro atoms. The summed E-state index contributed by atoms with van der Waals surface area (Å²) in [4.78, 5) is 16.9. The predicted octanol–water partition coefficient (Wildman–Crippen LogP) is 4.29. The molecule has 0 unspecified atom stereocenters. The maximum absolute atomic E-state index is 13.1. The number of benzene rings is 2.